The van der Waals surface area contributed by atoms with Gasteiger partial charge < -0.3 is 4.90 Å². The molecule has 0 atom stereocenters. The second-order valence-corrected chi connectivity index (χ2v) is 5.24. The molecule has 0 aliphatic carbocycles. The normalized spacial score (nSPS) is 16.4. The fourth-order valence-corrected chi connectivity index (χ4v) is 2.57. The molecular formula is C16H21NO2. The highest BCUT2D eigenvalue weighted by atomic mass is 16.2. The number of hydrogen-bond acceptors (Lipinski definition) is 2. The summed E-state index contributed by atoms with van der Waals surface area (Å²) in [5, 5.41) is 0. The molecule has 3 nitrogen and oxygen atoms in total. The zero-order valence-corrected chi connectivity index (χ0v) is 11.7. The maximum absolute atomic E-state index is 12.4. The van der Waals surface area contributed by atoms with E-state index in [2.05, 4.69) is 0 Å². The Labute approximate surface area is 114 Å². The van der Waals surface area contributed by atoms with Crippen LogP contribution in [0.2, 0.25) is 0 Å². The van der Waals surface area contributed by atoms with Crippen molar-refractivity contribution in [3.63, 3.8) is 0 Å². The van der Waals surface area contributed by atoms with Crippen molar-refractivity contribution in [2.45, 2.75) is 33.1 Å². The predicted octanol–water partition coefficient (Wildman–Crippen LogP) is 2.83. The van der Waals surface area contributed by atoms with Crippen LogP contribution in [0, 0.1) is 12.8 Å². The molecule has 1 aromatic carbocycles. The summed E-state index contributed by atoms with van der Waals surface area (Å²) in [6, 6.07) is 7.76. The monoisotopic (exact) mass is 259 g/mol. The quantitative estimate of drug-likeness (QED) is 0.783. The predicted molar refractivity (Wildman–Crippen MR) is 75.1 cm³/mol. The lowest BCUT2D eigenvalue weighted by Crippen LogP contribution is -2.39. The molecule has 1 aromatic rings. The van der Waals surface area contributed by atoms with E-state index in [0.717, 1.165) is 31.5 Å². The highest BCUT2D eigenvalue weighted by Gasteiger charge is 2.27. The minimum absolute atomic E-state index is 0.0728. The van der Waals surface area contributed by atoms with E-state index in [1.807, 2.05) is 43.0 Å². The van der Waals surface area contributed by atoms with Gasteiger partial charge in [0, 0.05) is 31.0 Å². The average molecular weight is 259 g/mol. The summed E-state index contributed by atoms with van der Waals surface area (Å²) in [6.07, 6.45) is 2.13. The van der Waals surface area contributed by atoms with Crippen LogP contribution in [0.25, 0.3) is 0 Å². The van der Waals surface area contributed by atoms with Gasteiger partial charge in [-0.15, -0.1) is 0 Å². The van der Waals surface area contributed by atoms with Crippen LogP contribution in [0.1, 0.15) is 42.1 Å². The number of likely N-dealkylation sites (tertiary alicyclic amines) is 1. The Morgan fingerprint density at radius 3 is 2.26 bits per heavy atom. The van der Waals surface area contributed by atoms with E-state index in [0.29, 0.717) is 6.42 Å². The maximum Gasteiger partial charge on any atom is 0.222 e. The van der Waals surface area contributed by atoms with Crippen LogP contribution in [0.5, 0.6) is 0 Å². The van der Waals surface area contributed by atoms with Gasteiger partial charge >= 0.3 is 0 Å². The zero-order chi connectivity index (χ0) is 13.8. The number of piperidine rings is 1. The van der Waals surface area contributed by atoms with Gasteiger partial charge in [0.2, 0.25) is 5.91 Å². The Kier molecular flexibility index (Phi) is 4.35. The van der Waals surface area contributed by atoms with Gasteiger partial charge in [-0.2, -0.15) is 0 Å². The molecule has 19 heavy (non-hydrogen) atoms. The molecule has 1 heterocycles. The number of amides is 1. The van der Waals surface area contributed by atoms with E-state index >= 15 is 0 Å². The van der Waals surface area contributed by atoms with E-state index in [1.54, 1.807) is 0 Å². The van der Waals surface area contributed by atoms with Crippen LogP contribution in [0.4, 0.5) is 0 Å². The smallest absolute Gasteiger partial charge is 0.222 e. The molecule has 0 spiro atoms. The van der Waals surface area contributed by atoms with Crippen LogP contribution in [0.15, 0.2) is 24.3 Å². The molecule has 0 N–H and O–H groups in total. The van der Waals surface area contributed by atoms with Crippen molar-refractivity contribution in [3.05, 3.63) is 35.4 Å². The molecule has 102 valence electrons. The number of aryl methyl sites for hydroxylation is 1. The number of ketones is 1. The summed E-state index contributed by atoms with van der Waals surface area (Å²) in [4.78, 5) is 25.8. The lowest BCUT2D eigenvalue weighted by molar-refractivity contribution is -0.132. The lowest BCUT2D eigenvalue weighted by Gasteiger charge is -2.31. The molecule has 1 fully saturated rings. The highest BCUT2D eigenvalue weighted by Crippen LogP contribution is 2.22. The molecule has 0 radical (unpaired) electrons. The Balaban J connectivity index is 1.96. The SMILES string of the molecule is CCC(=O)N1CCC(C(=O)c2ccc(C)cc2)CC1. The van der Waals surface area contributed by atoms with Crippen LogP contribution in [-0.2, 0) is 4.79 Å². The fourth-order valence-electron chi connectivity index (χ4n) is 2.57. The number of Topliss-reactive ketones (excluding diaryl/α,β-unsaturated/α-hetero) is 1. The average Bonchev–Trinajstić information content (AvgIpc) is 2.46. The van der Waals surface area contributed by atoms with E-state index in [1.165, 1.54) is 5.56 Å². The molecule has 1 aliphatic heterocycles. The van der Waals surface area contributed by atoms with Gasteiger partial charge in [0.05, 0.1) is 0 Å². The Morgan fingerprint density at radius 2 is 1.74 bits per heavy atom. The fraction of sp³-hybridized carbons (Fsp3) is 0.500. The first kappa shape index (κ1) is 13.8. The van der Waals surface area contributed by atoms with Crippen molar-refractivity contribution in [3.8, 4) is 0 Å². The molecular weight excluding hydrogens is 238 g/mol. The number of carbonyl (C=O) groups excluding carboxylic acids is 2. The summed E-state index contributed by atoms with van der Waals surface area (Å²) < 4.78 is 0. The largest absolute Gasteiger partial charge is 0.343 e. The second kappa shape index (κ2) is 6.00. The van der Waals surface area contributed by atoms with Gasteiger partial charge in [-0.05, 0) is 19.8 Å². The molecule has 1 saturated heterocycles. The number of benzene rings is 1. The minimum atomic E-state index is 0.0728. The number of hydrogen-bond donors (Lipinski definition) is 0. The Morgan fingerprint density at radius 1 is 1.16 bits per heavy atom. The second-order valence-electron chi connectivity index (χ2n) is 5.24. The molecule has 3 heteroatoms. The number of carbonyl (C=O) groups is 2. The summed E-state index contributed by atoms with van der Waals surface area (Å²) in [6.45, 7) is 5.33. The zero-order valence-electron chi connectivity index (χ0n) is 11.7. The molecule has 0 bridgehead atoms. The maximum atomic E-state index is 12.4. The van der Waals surface area contributed by atoms with Crippen molar-refractivity contribution in [1.29, 1.82) is 0 Å². The summed E-state index contributed by atoms with van der Waals surface area (Å²) in [7, 11) is 0. The van der Waals surface area contributed by atoms with Crippen molar-refractivity contribution in [2.24, 2.45) is 5.92 Å². The van der Waals surface area contributed by atoms with Crippen molar-refractivity contribution < 1.29 is 9.59 Å². The van der Waals surface area contributed by atoms with Crippen molar-refractivity contribution >= 4 is 11.7 Å². The summed E-state index contributed by atoms with van der Waals surface area (Å²) in [5.74, 6) is 0.494. The number of rotatable bonds is 3. The van der Waals surface area contributed by atoms with Gasteiger partial charge in [-0.3, -0.25) is 9.59 Å². The van der Waals surface area contributed by atoms with Gasteiger partial charge in [-0.25, -0.2) is 0 Å². The van der Waals surface area contributed by atoms with Crippen molar-refractivity contribution in [2.75, 3.05) is 13.1 Å². The summed E-state index contributed by atoms with van der Waals surface area (Å²) in [5.41, 5.74) is 1.96. The van der Waals surface area contributed by atoms with E-state index in [9.17, 15) is 9.59 Å². The van der Waals surface area contributed by atoms with Gasteiger partial charge in [0.25, 0.3) is 0 Å². The highest BCUT2D eigenvalue weighted by molar-refractivity contribution is 5.98. The number of nitrogens with zero attached hydrogens (tertiary/aromatic N) is 1. The minimum Gasteiger partial charge on any atom is -0.343 e. The molecule has 0 aromatic heterocycles. The topological polar surface area (TPSA) is 37.4 Å². The molecule has 1 amide bonds. The van der Waals surface area contributed by atoms with Crippen LogP contribution in [-0.4, -0.2) is 29.7 Å². The van der Waals surface area contributed by atoms with E-state index < -0.39 is 0 Å². The van der Waals surface area contributed by atoms with Crippen LogP contribution < -0.4 is 0 Å². The molecule has 2 rings (SSSR count). The third kappa shape index (κ3) is 3.22. The Bertz CT molecular complexity index is 456. The third-order valence-corrected chi connectivity index (χ3v) is 3.86. The third-order valence-electron chi connectivity index (χ3n) is 3.86. The molecule has 1 aliphatic rings. The summed E-state index contributed by atoms with van der Waals surface area (Å²) >= 11 is 0. The molecule has 0 saturated carbocycles. The van der Waals surface area contributed by atoms with Crippen LogP contribution in [0.3, 0.4) is 0 Å². The van der Waals surface area contributed by atoms with E-state index in [4.69, 9.17) is 0 Å². The van der Waals surface area contributed by atoms with Crippen LogP contribution >= 0.6 is 0 Å². The van der Waals surface area contributed by atoms with E-state index in [-0.39, 0.29) is 17.6 Å². The lowest BCUT2D eigenvalue weighted by atomic mass is 9.88. The Hall–Kier alpha value is -1.64. The van der Waals surface area contributed by atoms with Gasteiger partial charge in [0.1, 0.15) is 0 Å². The van der Waals surface area contributed by atoms with Gasteiger partial charge in [0.15, 0.2) is 5.78 Å². The standard InChI is InChI=1S/C16H21NO2/c1-3-15(18)17-10-8-14(9-11-17)16(19)13-6-4-12(2)5-7-13/h4-7,14H,3,8-11H2,1-2H3. The first-order valence-corrected chi connectivity index (χ1v) is 7.00. The first-order valence-electron chi connectivity index (χ1n) is 7.00. The van der Waals surface area contributed by atoms with Crippen molar-refractivity contribution in [1.82, 2.24) is 4.90 Å². The van der Waals surface area contributed by atoms with Gasteiger partial charge in [-0.1, -0.05) is 36.8 Å². The molecule has 0 unspecified atom stereocenters. The first-order chi connectivity index (χ1) is 9.11.